The van der Waals surface area contributed by atoms with E-state index in [2.05, 4.69) is 10.6 Å². The predicted molar refractivity (Wildman–Crippen MR) is 54.1 cm³/mol. The van der Waals surface area contributed by atoms with Crippen LogP contribution in [0.5, 0.6) is 0 Å². The van der Waals surface area contributed by atoms with Crippen LogP contribution in [0, 0.1) is 5.92 Å². The highest BCUT2D eigenvalue weighted by Crippen LogP contribution is 2.01. The fourth-order valence-electron chi connectivity index (χ4n) is 1.19. The lowest BCUT2D eigenvalue weighted by Crippen LogP contribution is -2.52. The average Bonchev–Trinajstić information content (AvgIpc) is 2.11. The molecule has 0 aromatic rings. The summed E-state index contributed by atoms with van der Waals surface area (Å²) >= 11 is 0. The van der Waals surface area contributed by atoms with Crippen molar-refractivity contribution < 1.29 is 14.7 Å². The molecule has 1 rings (SSSR count). The second-order valence-electron chi connectivity index (χ2n) is 3.61. The van der Waals surface area contributed by atoms with Gasteiger partial charge in [0.25, 0.3) is 0 Å². The molecule has 0 atom stereocenters. The monoisotopic (exact) mass is 215 g/mol. The smallest absolute Gasteiger partial charge is 0.241 e. The van der Waals surface area contributed by atoms with Crippen molar-refractivity contribution in [3.63, 3.8) is 0 Å². The van der Waals surface area contributed by atoms with E-state index in [0.717, 1.165) is 0 Å². The highest BCUT2D eigenvalue weighted by Gasteiger charge is 2.25. The SMILES string of the molecule is CN(CCO)C(=O)CNC(=O)C1CNC1. The zero-order valence-electron chi connectivity index (χ0n) is 8.82. The van der Waals surface area contributed by atoms with Gasteiger partial charge < -0.3 is 20.6 Å². The quantitative estimate of drug-likeness (QED) is 0.485. The average molecular weight is 215 g/mol. The molecule has 6 heteroatoms. The molecular weight excluding hydrogens is 198 g/mol. The maximum atomic E-state index is 11.4. The molecule has 1 aliphatic rings. The minimum atomic E-state index is -0.190. The minimum Gasteiger partial charge on any atom is -0.395 e. The third-order valence-corrected chi connectivity index (χ3v) is 2.43. The summed E-state index contributed by atoms with van der Waals surface area (Å²) in [5.41, 5.74) is 0. The zero-order chi connectivity index (χ0) is 11.3. The van der Waals surface area contributed by atoms with Crippen LogP contribution >= 0.6 is 0 Å². The van der Waals surface area contributed by atoms with Crippen LogP contribution in [0.3, 0.4) is 0 Å². The van der Waals surface area contributed by atoms with Gasteiger partial charge in [0.1, 0.15) is 0 Å². The first-order valence-electron chi connectivity index (χ1n) is 4.98. The van der Waals surface area contributed by atoms with Gasteiger partial charge in [-0.1, -0.05) is 0 Å². The van der Waals surface area contributed by atoms with Gasteiger partial charge in [-0.05, 0) is 0 Å². The van der Waals surface area contributed by atoms with Crippen LogP contribution in [-0.2, 0) is 9.59 Å². The van der Waals surface area contributed by atoms with Gasteiger partial charge in [-0.2, -0.15) is 0 Å². The third kappa shape index (κ3) is 3.49. The van der Waals surface area contributed by atoms with Crippen molar-refractivity contribution in [1.82, 2.24) is 15.5 Å². The van der Waals surface area contributed by atoms with Crippen molar-refractivity contribution in [2.24, 2.45) is 5.92 Å². The van der Waals surface area contributed by atoms with Gasteiger partial charge in [-0.15, -0.1) is 0 Å². The molecule has 3 N–H and O–H groups in total. The first-order chi connectivity index (χ1) is 7.15. The molecule has 0 unspecified atom stereocenters. The molecular formula is C9H17N3O3. The minimum absolute atomic E-state index is 0.000878. The first kappa shape index (κ1) is 11.9. The van der Waals surface area contributed by atoms with E-state index in [1.165, 1.54) is 4.90 Å². The van der Waals surface area contributed by atoms with E-state index in [1.807, 2.05) is 0 Å². The van der Waals surface area contributed by atoms with Crippen LogP contribution < -0.4 is 10.6 Å². The molecule has 86 valence electrons. The number of nitrogens with zero attached hydrogens (tertiary/aromatic N) is 1. The lowest BCUT2D eigenvalue weighted by molar-refractivity contribution is -0.133. The molecule has 0 aliphatic carbocycles. The Morgan fingerprint density at radius 3 is 2.67 bits per heavy atom. The standard InChI is InChI=1S/C9H17N3O3/c1-12(2-3-13)8(14)6-11-9(15)7-4-10-5-7/h7,10,13H,2-6H2,1H3,(H,11,15). The summed E-state index contributed by atoms with van der Waals surface area (Å²) in [6, 6.07) is 0. The Balaban J connectivity index is 2.17. The van der Waals surface area contributed by atoms with Gasteiger partial charge in [0.05, 0.1) is 19.1 Å². The van der Waals surface area contributed by atoms with E-state index in [4.69, 9.17) is 5.11 Å². The van der Waals surface area contributed by atoms with Crippen LogP contribution in [0.15, 0.2) is 0 Å². The van der Waals surface area contributed by atoms with Gasteiger partial charge in [0.15, 0.2) is 0 Å². The molecule has 1 saturated heterocycles. The molecule has 0 aromatic heterocycles. The number of rotatable bonds is 5. The van der Waals surface area contributed by atoms with E-state index in [1.54, 1.807) is 7.05 Å². The van der Waals surface area contributed by atoms with Gasteiger partial charge in [0, 0.05) is 26.7 Å². The summed E-state index contributed by atoms with van der Waals surface area (Å²) in [6.45, 7) is 1.60. The third-order valence-electron chi connectivity index (χ3n) is 2.43. The molecule has 15 heavy (non-hydrogen) atoms. The largest absolute Gasteiger partial charge is 0.395 e. The van der Waals surface area contributed by atoms with Crippen LogP contribution in [0.4, 0.5) is 0 Å². The van der Waals surface area contributed by atoms with Gasteiger partial charge in [0.2, 0.25) is 11.8 Å². The van der Waals surface area contributed by atoms with Crippen molar-refractivity contribution in [2.75, 3.05) is 39.8 Å². The van der Waals surface area contributed by atoms with Gasteiger partial charge >= 0.3 is 0 Å². The topological polar surface area (TPSA) is 81.7 Å². The first-order valence-corrected chi connectivity index (χ1v) is 4.98. The fourth-order valence-corrected chi connectivity index (χ4v) is 1.19. The Morgan fingerprint density at radius 1 is 1.53 bits per heavy atom. The summed E-state index contributed by atoms with van der Waals surface area (Å²) in [5.74, 6) is -0.273. The second kappa shape index (κ2) is 5.67. The summed E-state index contributed by atoms with van der Waals surface area (Å²) < 4.78 is 0. The normalized spacial score (nSPS) is 15.6. The molecule has 6 nitrogen and oxygen atoms in total. The Labute approximate surface area is 88.6 Å². The highest BCUT2D eigenvalue weighted by atomic mass is 16.3. The molecule has 0 radical (unpaired) electrons. The maximum absolute atomic E-state index is 11.4. The highest BCUT2D eigenvalue weighted by molar-refractivity contribution is 5.86. The number of carbonyl (C=O) groups excluding carboxylic acids is 2. The zero-order valence-corrected chi connectivity index (χ0v) is 8.82. The second-order valence-corrected chi connectivity index (χ2v) is 3.61. The lowest BCUT2D eigenvalue weighted by atomic mass is 10.0. The Kier molecular flexibility index (Phi) is 4.51. The van der Waals surface area contributed by atoms with Crippen LogP contribution in [0.25, 0.3) is 0 Å². The number of nitrogens with one attached hydrogen (secondary N) is 2. The van der Waals surface area contributed by atoms with Crippen LogP contribution in [0.1, 0.15) is 0 Å². The van der Waals surface area contributed by atoms with Crippen molar-refractivity contribution in [3.8, 4) is 0 Å². The number of hydrogen-bond acceptors (Lipinski definition) is 4. The van der Waals surface area contributed by atoms with Crippen molar-refractivity contribution in [1.29, 1.82) is 0 Å². The number of aliphatic hydroxyl groups excluding tert-OH is 1. The molecule has 2 amide bonds. The molecule has 0 bridgehead atoms. The van der Waals surface area contributed by atoms with Crippen LogP contribution in [-0.4, -0.2) is 61.7 Å². The number of likely N-dealkylation sites (N-methyl/N-ethyl adjacent to an activating group) is 1. The summed E-state index contributed by atoms with van der Waals surface area (Å²) in [6.07, 6.45) is 0. The molecule has 0 aromatic carbocycles. The van der Waals surface area contributed by atoms with E-state index in [0.29, 0.717) is 19.6 Å². The number of carbonyl (C=O) groups is 2. The van der Waals surface area contributed by atoms with Crippen LogP contribution in [0.2, 0.25) is 0 Å². The molecule has 1 fully saturated rings. The molecule has 0 saturated carbocycles. The fraction of sp³-hybridized carbons (Fsp3) is 0.778. The van der Waals surface area contributed by atoms with E-state index in [-0.39, 0.29) is 30.9 Å². The summed E-state index contributed by atoms with van der Waals surface area (Å²) in [5, 5.41) is 14.2. The maximum Gasteiger partial charge on any atom is 0.241 e. The molecule has 1 heterocycles. The van der Waals surface area contributed by atoms with Gasteiger partial charge in [-0.3, -0.25) is 9.59 Å². The van der Waals surface area contributed by atoms with Crippen molar-refractivity contribution in [2.45, 2.75) is 0 Å². The number of amides is 2. The summed E-state index contributed by atoms with van der Waals surface area (Å²) in [7, 11) is 1.59. The van der Waals surface area contributed by atoms with E-state index < -0.39 is 0 Å². The lowest BCUT2D eigenvalue weighted by Gasteiger charge is -2.26. The predicted octanol–water partition coefficient (Wildman–Crippen LogP) is -2.23. The van der Waals surface area contributed by atoms with E-state index in [9.17, 15) is 9.59 Å². The Hall–Kier alpha value is -1.14. The van der Waals surface area contributed by atoms with E-state index >= 15 is 0 Å². The Bertz CT molecular complexity index is 241. The Morgan fingerprint density at radius 2 is 2.20 bits per heavy atom. The van der Waals surface area contributed by atoms with Crippen molar-refractivity contribution >= 4 is 11.8 Å². The summed E-state index contributed by atoms with van der Waals surface area (Å²) in [4.78, 5) is 24.1. The van der Waals surface area contributed by atoms with Crippen molar-refractivity contribution in [3.05, 3.63) is 0 Å². The van der Waals surface area contributed by atoms with Gasteiger partial charge in [-0.25, -0.2) is 0 Å². The molecule has 1 aliphatic heterocycles. The number of hydrogen-bond donors (Lipinski definition) is 3. The number of aliphatic hydroxyl groups is 1. The molecule has 0 spiro atoms.